The number of nitrogens with one attached hydrogen (secondary N) is 1. The summed E-state index contributed by atoms with van der Waals surface area (Å²) >= 11 is 0. The van der Waals surface area contributed by atoms with Crippen molar-refractivity contribution in [2.24, 2.45) is 0 Å². The molecule has 3 amide bonds. The highest BCUT2D eigenvalue weighted by atomic mass is 16.5. The number of benzene rings is 3. The fourth-order valence-electron chi connectivity index (χ4n) is 5.69. The largest absolute Gasteiger partial charge is 0.489 e. The summed E-state index contributed by atoms with van der Waals surface area (Å²) in [5, 5.41) is 2.34. The van der Waals surface area contributed by atoms with E-state index in [9.17, 15) is 14.4 Å². The van der Waals surface area contributed by atoms with Gasteiger partial charge in [0.15, 0.2) is 0 Å². The minimum Gasteiger partial charge on any atom is -0.489 e. The summed E-state index contributed by atoms with van der Waals surface area (Å²) in [7, 11) is 0. The summed E-state index contributed by atoms with van der Waals surface area (Å²) < 4.78 is 12.3. The predicted octanol–water partition coefficient (Wildman–Crippen LogP) is 3.26. The molecule has 0 aliphatic carbocycles. The van der Waals surface area contributed by atoms with Crippen molar-refractivity contribution < 1.29 is 23.9 Å². The van der Waals surface area contributed by atoms with Gasteiger partial charge in [-0.15, -0.1) is 0 Å². The molecule has 0 radical (unpaired) electrons. The van der Waals surface area contributed by atoms with Gasteiger partial charge < -0.3 is 20.1 Å². The van der Waals surface area contributed by atoms with Gasteiger partial charge in [-0.2, -0.15) is 0 Å². The van der Waals surface area contributed by atoms with Crippen molar-refractivity contribution in [3.8, 4) is 11.5 Å². The number of likely N-dealkylation sites (tertiary alicyclic amines) is 1. The quantitative estimate of drug-likeness (QED) is 0.333. The first-order chi connectivity index (χ1) is 19.4. The van der Waals surface area contributed by atoms with Crippen LogP contribution in [0.1, 0.15) is 46.3 Å². The summed E-state index contributed by atoms with van der Waals surface area (Å²) in [5.41, 5.74) is 10.2. The third-order valence-electron chi connectivity index (χ3n) is 7.69. The Hall–Kier alpha value is -4.37. The first-order valence-electron chi connectivity index (χ1n) is 13.6. The number of hydrogen-bond donors (Lipinski definition) is 2. The number of piperidine rings is 1. The van der Waals surface area contributed by atoms with E-state index in [0.717, 1.165) is 54.4 Å². The Morgan fingerprint density at radius 1 is 0.925 bits per heavy atom. The second-order valence-electron chi connectivity index (χ2n) is 10.7. The van der Waals surface area contributed by atoms with Gasteiger partial charge in [0.1, 0.15) is 30.3 Å². The van der Waals surface area contributed by atoms with E-state index < -0.39 is 11.9 Å². The molecule has 3 aliphatic heterocycles. The molecule has 9 nitrogen and oxygen atoms in total. The van der Waals surface area contributed by atoms with Crippen molar-refractivity contribution in [3.63, 3.8) is 0 Å². The zero-order chi connectivity index (χ0) is 27.6. The number of ether oxygens (including phenoxy) is 2. The Balaban J connectivity index is 1.02. The minimum absolute atomic E-state index is 0.0457. The summed E-state index contributed by atoms with van der Waals surface area (Å²) in [5.74, 6) is 0.675. The number of carbonyl (C=O) groups excluding carboxylic acids is 3. The number of rotatable bonds is 8. The Morgan fingerprint density at radius 3 is 2.62 bits per heavy atom. The Bertz CT molecular complexity index is 1460. The predicted molar refractivity (Wildman–Crippen MR) is 148 cm³/mol. The molecule has 6 rings (SSSR count). The van der Waals surface area contributed by atoms with Crippen LogP contribution >= 0.6 is 0 Å². The third-order valence-corrected chi connectivity index (χ3v) is 7.69. The molecule has 2 saturated heterocycles. The van der Waals surface area contributed by atoms with Gasteiger partial charge in [0.05, 0.1) is 0 Å². The summed E-state index contributed by atoms with van der Waals surface area (Å²) in [6, 6.07) is 20.8. The molecule has 0 aromatic heterocycles. The van der Waals surface area contributed by atoms with E-state index >= 15 is 0 Å². The number of anilines is 1. The summed E-state index contributed by atoms with van der Waals surface area (Å²) in [4.78, 5) is 40.7. The second-order valence-corrected chi connectivity index (χ2v) is 10.7. The van der Waals surface area contributed by atoms with E-state index in [1.54, 1.807) is 11.0 Å². The number of imide groups is 1. The fraction of sp³-hybridized carbons (Fsp3) is 0.323. The highest BCUT2D eigenvalue weighted by molar-refractivity contribution is 6.05. The highest BCUT2D eigenvalue weighted by Gasteiger charge is 2.39. The normalized spacial score (nSPS) is 20.9. The van der Waals surface area contributed by atoms with Crippen LogP contribution in [0, 0.1) is 0 Å². The van der Waals surface area contributed by atoms with Crippen molar-refractivity contribution in [1.82, 2.24) is 15.1 Å². The van der Waals surface area contributed by atoms with Gasteiger partial charge in [-0.3, -0.25) is 24.6 Å². The van der Waals surface area contributed by atoms with Crippen LogP contribution in [0.4, 0.5) is 5.69 Å². The molecule has 9 heteroatoms. The van der Waals surface area contributed by atoms with Crippen LogP contribution in [0.2, 0.25) is 0 Å². The zero-order valence-electron chi connectivity index (χ0n) is 22.2. The van der Waals surface area contributed by atoms with Crippen molar-refractivity contribution in [2.45, 2.75) is 51.1 Å². The van der Waals surface area contributed by atoms with Crippen LogP contribution in [-0.4, -0.2) is 52.8 Å². The first-order valence-corrected chi connectivity index (χ1v) is 13.6. The number of carbonyl (C=O) groups is 3. The molecule has 3 aliphatic rings. The number of nitrogen functional groups attached to an aromatic ring is 1. The topological polar surface area (TPSA) is 114 Å². The van der Waals surface area contributed by atoms with Crippen LogP contribution in [0.15, 0.2) is 66.7 Å². The molecule has 40 heavy (non-hydrogen) atoms. The molecule has 3 aromatic carbocycles. The van der Waals surface area contributed by atoms with Crippen molar-refractivity contribution in [2.75, 3.05) is 18.8 Å². The van der Waals surface area contributed by atoms with Crippen LogP contribution in [0.25, 0.3) is 0 Å². The lowest BCUT2D eigenvalue weighted by Gasteiger charge is -2.29. The molecule has 2 atom stereocenters. The highest BCUT2D eigenvalue weighted by Crippen LogP contribution is 2.31. The third kappa shape index (κ3) is 5.65. The fourth-order valence-corrected chi connectivity index (χ4v) is 5.69. The van der Waals surface area contributed by atoms with E-state index in [1.165, 1.54) is 5.56 Å². The lowest BCUT2D eigenvalue weighted by Crippen LogP contribution is -2.52. The minimum atomic E-state index is -0.619. The number of hydrogen-bond acceptors (Lipinski definition) is 7. The number of nitrogens with zero attached hydrogens (tertiary/aromatic N) is 2. The lowest BCUT2D eigenvalue weighted by atomic mass is 10.0. The molecule has 2 fully saturated rings. The molecular weight excluding hydrogens is 508 g/mol. The van der Waals surface area contributed by atoms with Crippen LogP contribution in [0.5, 0.6) is 11.5 Å². The van der Waals surface area contributed by atoms with Gasteiger partial charge >= 0.3 is 0 Å². The Labute approximate surface area is 232 Å². The molecule has 0 spiro atoms. The first kappa shape index (κ1) is 25.9. The van der Waals surface area contributed by atoms with Crippen molar-refractivity contribution in [3.05, 3.63) is 89.0 Å². The lowest BCUT2D eigenvalue weighted by molar-refractivity contribution is -0.136. The van der Waals surface area contributed by atoms with Gasteiger partial charge in [-0.05, 0) is 72.0 Å². The van der Waals surface area contributed by atoms with Crippen molar-refractivity contribution >= 4 is 23.4 Å². The second kappa shape index (κ2) is 11.0. The molecule has 1 unspecified atom stereocenters. The SMILES string of the molecule is Nc1cccc(COc2cccc(CN3CC[C@H](Oc4ccc5c(c4)CN(C4CCC(=O)NC4=O)C5=O)C3)c2)c1. The molecule has 3 N–H and O–H groups in total. The number of nitrogens with two attached hydrogens (primary N) is 1. The average Bonchev–Trinajstić information content (AvgIpc) is 3.51. The number of amides is 3. The summed E-state index contributed by atoms with van der Waals surface area (Å²) in [6.07, 6.45) is 1.54. The maximum atomic E-state index is 12.9. The average molecular weight is 541 g/mol. The molecule has 3 heterocycles. The maximum Gasteiger partial charge on any atom is 0.255 e. The monoisotopic (exact) mass is 540 g/mol. The Morgan fingerprint density at radius 2 is 1.77 bits per heavy atom. The molecule has 3 aromatic rings. The molecule has 0 saturated carbocycles. The van der Waals surface area contributed by atoms with Gasteiger partial charge in [0, 0.05) is 43.9 Å². The van der Waals surface area contributed by atoms with Crippen LogP contribution in [-0.2, 0) is 29.3 Å². The van der Waals surface area contributed by atoms with E-state index in [0.29, 0.717) is 25.1 Å². The molecular formula is C31H32N4O5. The van der Waals surface area contributed by atoms with Gasteiger partial charge in [0.2, 0.25) is 11.8 Å². The van der Waals surface area contributed by atoms with Crippen LogP contribution in [0.3, 0.4) is 0 Å². The Kier molecular flexibility index (Phi) is 7.13. The van der Waals surface area contributed by atoms with Gasteiger partial charge in [-0.1, -0.05) is 24.3 Å². The van der Waals surface area contributed by atoms with E-state index in [-0.39, 0.29) is 24.3 Å². The zero-order valence-corrected chi connectivity index (χ0v) is 22.2. The van der Waals surface area contributed by atoms with Gasteiger partial charge in [-0.25, -0.2) is 0 Å². The molecule has 0 bridgehead atoms. The van der Waals surface area contributed by atoms with E-state index in [2.05, 4.69) is 22.3 Å². The van der Waals surface area contributed by atoms with Crippen molar-refractivity contribution in [1.29, 1.82) is 0 Å². The maximum absolute atomic E-state index is 12.9. The smallest absolute Gasteiger partial charge is 0.255 e. The van der Waals surface area contributed by atoms with Gasteiger partial charge in [0.25, 0.3) is 5.91 Å². The van der Waals surface area contributed by atoms with E-state index in [4.69, 9.17) is 15.2 Å². The number of fused-ring (bicyclic) bond motifs is 1. The molecule has 206 valence electrons. The standard InChI is InChI=1S/C31H32N4O5/c32-23-5-1-4-21(13-23)19-39-24-6-2-3-20(14-24)16-34-12-11-26(18-34)40-25-7-8-27-22(15-25)17-35(31(27)38)28-9-10-29(36)33-30(28)37/h1-8,13-15,26,28H,9-12,16-19,32H2,(H,33,36,37)/t26-,28?/m0/s1. The van der Waals surface area contributed by atoms with Crippen LogP contribution < -0.4 is 20.5 Å². The van der Waals surface area contributed by atoms with E-state index in [1.807, 2.05) is 48.5 Å². The summed E-state index contributed by atoms with van der Waals surface area (Å²) in [6.45, 7) is 3.32.